The Hall–Kier alpha value is -2.77. The Balaban J connectivity index is 2.36. The molecule has 108 valence electrons. The van der Waals surface area contributed by atoms with Gasteiger partial charge in [0.25, 0.3) is 0 Å². The van der Waals surface area contributed by atoms with E-state index in [-0.39, 0.29) is 34.2 Å². The van der Waals surface area contributed by atoms with Crippen LogP contribution < -0.4 is 10.5 Å². The van der Waals surface area contributed by atoms with Crippen LogP contribution in [-0.4, -0.2) is 26.6 Å². The molecule has 0 spiro atoms. The van der Waals surface area contributed by atoms with E-state index in [2.05, 4.69) is 15.0 Å². The van der Waals surface area contributed by atoms with Gasteiger partial charge in [0, 0.05) is 6.07 Å². The minimum Gasteiger partial charge on any atom is -0.479 e. The van der Waals surface area contributed by atoms with Gasteiger partial charge in [-0.25, -0.2) is 18.7 Å². The van der Waals surface area contributed by atoms with Crippen molar-refractivity contribution in [1.29, 1.82) is 0 Å². The quantitative estimate of drug-likeness (QED) is 0.781. The van der Waals surface area contributed by atoms with Gasteiger partial charge >= 0.3 is 0 Å². The number of nitrogens with zero attached hydrogens (tertiary/aromatic N) is 4. The first-order valence-corrected chi connectivity index (χ1v) is 6.02. The van der Waals surface area contributed by atoms with E-state index >= 15 is 0 Å². The molecule has 0 radical (unpaired) electrons. The highest BCUT2D eigenvalue weighted by Crippen LogP contribution is 2.28. The molecule has 3 rings (SSSR count). The van der Waals surface area contributed by atoms with E-state index in [0.717, 1.165) is 12.1 Å². The van der Waals surface area contributed by atoms with Crippen LogP contribution in [0.3, 0.4) is 0 Å². The molecule has 2 N–H and O–H groups in total. The van der Waals surface area contributed by atoms with Crippen molar-refractivity contribution in [2.75, 3.05) is 12.8 Å². The number of hydrogen-bond acceptors (Lipinski definition) is 5. The topological polar surface area (TPSA) is 78.8 Å². The van der Waals surface area contributed by atoms with Crippen molar-refractivity contribution >= 4 is 17.1 Å². The smallest absolute Gasteiger partial charge is 0.245 e. The minimum atomic E-state index is -0.627. The molecule has 0 saturated carbocycles. The average Bonchev–Trinajstić information content (AvgIpc) is 2.79. The normalized spacial score (nSPS) is 11.0. The van der Waals surface area contributed by atoms with Gasteiger partial charge in [0.05, 0.1) is 12.8 Å². The molecule has 3 aromatic rings. The average molecular weight is 291 g/mol. The van der Waals surface area contributed by atoms with Crippen molar-refractivity contribution < 1.29 is 13.5 Å². The van der Waals surface area contributed by atoms with Gasteiger partial charge in [0.2, 0.25) is 11.8 Å². The number of anilines is 1. The second-order valence-electron chi connectivity index (χ2n) is 4.41. The first kappa shape index (κ1) is 13.2. The Morgan fingerprint density at radius 3 is 2.67 bits per heavy atom. The molecule has 0 amide bonds. The number of aromatic nitrogens is 4. The summed E-state index contributed by atoms with van der Waals surface area (Å²) in [5.74, 6) is -1.00. The number of benzene rings is 1. The Morgan fingerprint density at radius 2 is 1.95 bits per heavy atom. The minimum absolute atomic E-state index is 0.0362. The summed E-state index contributed by atoms with van der Waals surface area (Å²) in [6.07, 6.45) is 1.24. The predicted molar refractivity (Wildman–Crippen MR) is 72.3 cm³/mol. The van der Waals surface area contributed by atoms with E-state index in [1.807, 2.05) is 0 Å². The first-order valence-electron chi connectivity index (χ1n) is 6.02. The number of hydrogen-bond donors (Lipinski definition) is 1. The summed E-state index contributed by atoms with van der Waals surface area (Å²) in [5.41, 5.74) is 6.45. The van der Waals surface area contributed by atoms with Gasteiger partial charge in [0.1, 0.15) is 18.0 Å². The first-order chi connectivity index (χ1) is 10.0. The molecule has 2 aromatic heterocycles. The molecule has 0 atom stereocenters. The number of aryl methyl sites for hydroxylation is 1. The van der Waals surface area contributed by atoms with Crippen molar-refractivity contribution in [1.82, 2.24) is 19.5 Å². The van der Waals surface area contributed by atoms with E-state index in [1.165, 1.54) is 24.9 Å². The number of nitrogen functional groups attached to an aromatic ring is 1. The number of halogens is 2. The highest BCUT2D eigenvalue weighted by atomic mass is 19.1. The maximum Gasteiger partial charge on any atom is 0.245 e. The molecule has 0 aliphatic heterocycles. The lowest BCUT2D eigenvalue weighted by Gasteiger charge is -2.08. The summed E-state index contributed by atoms with van der Waals surface area (Å²) in [4.78, 5) is 12.0. The van der Waals surface area contributed by atoms with Crippen molar-refractivity contribution in [3.05, 3.63) is 35.7 Å². The summed E-state index contributed by atoms with van der Waals surface area (Å²) < 4.78 is 34.1. The Morgan fingerprint density at radius 1 is 1.19 bits per heavy atom. The molecule has 0 aliphatic carbocycles. The van der Waals surface area contributed by atoms with Gasteiger partial charge in [-0.1, -0.05) is 0 Å². The molecule has 0 unspecified atom stereocenters. The number of methoxy groups -OCH3 is 1. The van der Waals surface area contributed by atoms with Gasteiger partial charge in [-0.15, -0.1) is 0 Å². The molecule has 21 heavy (non-hydrogen) atoms. The molecule has 0 fully saturated rings. The van der Waals surface area contributed by atoms with Crippen LogP contribution in [0, 0.1) is 18.6 Å². The summed E-state index contributed by atoms with van der Waals surface area (Å²) in [7, 11) is 1.42. The number of fused-ring (bicyclic) bond motifs is 1. The van der Waals surface area contributed by atoms with Crippen LogP contribution in [0.15, 0.2) is 18.5 Å². The van der Waals surface area contributed by atoms with Crippen LogP contribution in [0.25, 0.3) is 16.9 Å². The molecule has 1 aromatic carbocycles. The zero-order valence-corrected chi connectivity index (χ0v) is 11.3. The fourth-order valence-corrected chi connectivity index (χ4v) is 2.08. The zero-order valence-electron chi connectivity index (χ0n) is 11.3. The Labute approximate surface area is 118 Å². The standard InChI is InChI=1S/C13H11F2N5O/c1-6-3-8(15)9(4-7(6)14)20-11-10(19-13(20)16)12(21-2)18-5-17-11/h3-5H,1-2H3,(H2,16,19). The maximum atomic E-state index is 14.1. The lowest BCUT2D eigenvalue weighted by molar-refractivity contribution is 0.401. The van der Waals surface area contributed by atoms with Crippen LogP contribution in [0.2, 0.25) is 0 Å². The summed E-state index contributed by atoms with van der Waals surface area (Å²) in [5, 5.41) is 0. The van der Waals surface area contributed by atoms with Crippen LogP contribution in [0.1, 0.15) is 5.56 Å². The highest BCUT2D eigenvalue weighted by molar-refractivity contribution is 5.81. The molecule has 0 bridgehead atoms. The Kier molecular flexibility index (Phi) is 2.93. The van der Waals surface area contributed by atoms with E-state index in [0.29, 0.717) is 0 Å². The second-order valence-corrected chi connectivity index (χ2v) is 4.41. The molecule has 0 aliphatic rings. The summed E-state index contributed by atoms with van der Waals surface area (Å²) in [6, 6.07) is 2.14. The molecular formula is C13H11F2N5O. The molecular weight excluding hydrogens is 280 g/mol. The number of ether oxygens (including phenoxy) is 1. The molecule has 2 heterocycles. The maximum absolute atomic E-state index is 14.1. The molecule has 8 heteroatoms. The number of nitrogens with two attached hydrogens (primary N) is 1. The fraction of sp³-hybridized carbons (Fsp3) is 0.154. The lowest BCUT2D eigenvalue weighted by atomic mass is 10.2. The van der Waals surface area contributed by atoms with Crippen LogP contribution >= 0.6 is 0 Å². The lowest BCUT2D eigenvalue weighted by Crippen LogP contribution is -2.05. The third-order valence-electron chi connectivity index (χ3n) is 3.10. The zero-order chi connectivity index (χ0) is 15.1. The van der Waals surface area contributed by atoms with Crippen LogP contribution in [-0.2, 0) is 0 Å². The van der Waals surface area contributed by atoms with E-state index in [9.17, 15) is 8.78 Å². The third kappa shape index (κ3) is 1.95. The monoisotopic (exact) mass is 291 g/mol. The van der Waals surface area contributed by atoms with Gasteiger partial charge < -0.3 is 10.5 Å². The highest BCUT2D eigenvalue weighted by Gasteiger charge is 2.19. The van der Waals surface area contributed by atoms with Crippen LogP contribution in [0.5, 0.6) is 5.88 Å². The Bertz CT molecular complexity index is 846. The number of imidazole rings is 1. The summed E-state index contributed by atoms with van der Waals surface area (Å²) >= 11 is 0. The van der Waals surface area contributed by atoms with Gasteiger partial charge in [-0.05, 0) is 18.6 Å². The van der Waals surface area contributed by atoms with Crippen molar-refractivity contribution in [3.8, 4) is 11.6 Å². The van der Waals surface area contributed by atoms with E-state index in [4.69, 9.17) is 10.5 Å². The second kappa shape index (κ2) is 4.65. The van der Waals surface area contributed by atoms with E-state index in [1.54, 1.807) is 0 Å². The van der Waals surface area contributed by atoms with Crippen molar-refractivity contribution in [3.63, 3.8) is 0 Å². The fourth-order valence-electron chi connectivity index (χ4n) is 2.08. The number of rotatable bonds is 2. The van der Waals surface area contributed by atoms with E-state index < -0.39 is 11.6 Å². The van der Waals surface area contributed by atoms with Crippen molar-refractivity contribution in [2.24, 2.45) is 0 Å². The van der Waals surface area contributed by atoms with Gasteiger partial charge in [-0.3, -0.25) is 4.57 Å². The predicted octanol–water partition coefficient (Wildman–Crippen LogP) is 1.99. The molecule has 0 saturated heterocycles. The van der Waals surface area contributed by atoms with Gasteiger partial charge in [0.15, 0.2) is 11.2 Å². The van der Waals surface area contributed by atoms with Crippen molar-refractivity contribution in [2.45, 2.75) is 6.92 Å². The van der Waals surface area contributed by atoms with Crippen LogP contribution in [0.4, 0.5) is 14.7 Å². The third-order valence-corrected chi connectivity index (χ3v) is 3.10. The molecule has 6 nitrogen and oxygen atoms in total. The SMILES string of the molecule is COc1ncnc2c1nc(N)n2-c1cc(F)c(C)cc1F. The largest absolute Gasteiger partial charge is 0.479 e. The van der Waals surface area contributed by atoms with Gasteiger partial charge in [-0.2, -0.15) is 4.98 Å². The summed E-state index contributed by atoms with van der Waals surface area (Å²) in [6.45, 7) is 1.47.